The van der Waals surface area contributed by atoms with E-state index in [0.717, 1.165) is 0 Å². The van der Waals surface area contributed by atoms with Crippen LogP contribution in [0.15, 0.2) is 53.6 Å². The highest BCUT2D eigenvalue weighted by Crippen LogP contribution is 2.11. The normalized spacial score (nSPS) is 10.5. The number of hydrogen-bond acceptors (Lipinski definition) is 4. The van der Waals surface area contributed by atoms with Gasteiger partial charge in [0.25, 0.3) is 0 Å². The summed E-state index contributed by atoms with van der Waals surface area (Å²) < 4.78 is 0. The lowest BCUT2D eigenvalue weighted by Crippen LogP contribution is -2.19. The fourth-order valence-corrected chi connectivity index (χ4v) is 1.78. The molecule has 112 valence electrons. The Hall–Kier alpha value is -3.15. The van der Waals surface area contributed by atoms with Crippen LogP contribution in [0.4, 0.5) is 0 Å². The van der Waals surface area contributed by atoms with E-state index in [1.165, 1.54) is 30.5 Å². The number of hydrogen-bond donors (Lipinski definition) is 3. The first-order chi connectivity index (χ1) is 10.5. The summed E-state index contributed by atoms with van der Waals surface area (Å²) in [6.07, 6.45) is 1.52. The van der Waals surface area contributed by atoms with Gasteiger partial charge in [-0.25, -0.2) is 10.2 Å². The molecular weight excluding hydrogens is 284 g/mol. The zero-order chi connectivity index (χ0) is 15.9. The molecule has 0 fully saturated rings. The fourth-order valence-electron chi connectivity index (χ4n) is 1.78. The second kappa shape index (κ2) is 7.03. The van der Waals surface area contributed by atoms with Crippen molar-refractivity contribution in [2.75, 3.05) is 0 Å². The molecule has 2 aromatic rings. The number of benzene rings is 2. The van der Waals surface area contributed by atoms with E-state index in [9.17, 15) is 14.7 Å². The Kier molecular flexibility index (Phi) is 4.87. The van der Waals surface area contributed by atoms with Gasteiger partial charge in [0.05, 0.1) is 18.2 Å². The molecule has 2 aromatic carbocycles. The van der Waals surface area contributed by atoms with Crippen LogP contribution in [0.25, 0.3) is 0 Å². The maximum absolute atomic E-state index is 11.7. The van der Waals surface area contributed by atoms with Crippen molar-refractivity contribution in [2.45, 2.75) is 6.42 Å². The molecule has 6 heteroatoms. The number of nitrogens with zero attached hydrogens (tertiary/aromatic N) is 1. The SMILES string of the molecule is O=C(Cc1cccc(O)c1)NN=Cc1ccc(C(=O)O)cc1. The topological polar surface area (TPSA) is 99.0 Å². The average molecular weight is 298 g/mol. The molecule has 0 aliphatic heterocycles. The summed E-state index contributed by atoms with van der Waals surface area (Å²) in [5.74, 6) is -1.21. The van der Waals surface area contributed by atoms with Crippen molar-refractivity contribution in [3.63, 3.8) is 0 Å². The molecule has 0 saturated carbocycles. The summed E-state index contributed by atoms with van der Waals surface area (Å²) in [5, 5.41) is 21.9. The third kappa shape index (κ3) is 4.45. The zero-order valence-electron chi connectivity index (χ0n) is 11.6. The van der Waals surface area contributed by atoms with Crippen LogP contribution in [0.1, 0.15) is 21.5 Å². The molecule has 1 amide bonds. The predicted octanol–water partition coefficient (Wildman–Crippen LogP) is 1.78. The van der Waals surface area contributed by atoms with Crippen LogP contribution in [-0.4, -0.2) is 28.3 Å². The van der Waals surface area contributed by atoms with Crippen LogP contribution in [-0.2, 0) is 11.2 Å². The Balaban J connectivity index is 1.89. The van der Waals surface area contributed by atoms with E-state index in [0.29, 0.717) is 11.1 Å². The summed E-state index contributed by atoms with van der Waals surface area (Å²) in [6.45, 7) is 0. The minimum atomic E-state index is -0.997. The van der Waals surface area contributed by atoms with Gasteiger partial charge in [-0.1, -0.05) is 24.3 Å². The highest BCUT2D eigenvalue weighted by Gasteiger charge is 2.03. The van der Waals surface area contributed by atoms with Gasteiger partial charge in [0.1, 0.15) is 5.75 Å². The van der Waals surface area contributed by atoms with Crippen LogP contribution in [0, 0.1) is 0 Å². The highest BCUT2D eigenvalue weighted by atomic mass is 16.4. The van der Waals surface area contributed by atoms with Crippen molar-refractivity contribution in [3.8, 4) is 5.75 Å². The molecule has 0 bridgehead atoms. The minimum absolute atomic E-state index is 0.101. The maximum Gasteiger partial charge on any atom is 0.335 e. The van der Waals surface area contributed by atoms with Gasteiger partial charge in [-0.15, -0.1) is 0 Å². The first kappa shape index (κ1) is 15.2. The van der Waals surface area contributed by atoms with Crippen molar-refractivity contribution in [1.29, 1.82) is 0 Å². The van der Waals surface area contributed by atoms with Gasteiger partial charge < -0.3 is 10.2 Å². The number of phenols is 1. The molecule has 0 unspecified atom stereocenters. The molecule has 0 heterocycles. The molecule has 0 radical (unpaired) electrons. The van der Waals surface area contributed by atoms with Gasteiger partial charge in [0, 0.05) is 0 Å². The summed E-state index contributed by atoms with van der Waals surface area (Å²) in [4.78, 5) is 22.4. The van der Waals surface area contributed by atoms with E-state index >= 15 is 0 Å². The second-order valence-electron chi connectivity index (χ2n) is 4.57. The van der Waals surface area contributed by atoms with Gasteiger partial charge in [-0.05, 0) is 35.4 Å². The molecule has 0 saturated heterocycles. The second-order valence-corrected chi connectivity index (χ2v) is 4.57. The van der Waals surface area contributed by atoms with Crippen molar-refractivity contribution in [2.24, 2.45) is 5.10 Å². The van der Waals surface area contributed by atoms with Gasteiger partial charge in [0.2, 0.25) is 5.91 Å². The predicted molar refractivity (Wildman–Crippen MR) is 80.9 cm³/mol. The summed E-state index contributed by atoms with van der Waals surface area (Å²) in [6, 6.07) is 12.5. The van der Waals surface area contributed by atoms with Gasteiger partial charge in [-0.3, -0.25) is 4.79 Å². The number of hydrazone groups is 1. The molecule has 0 atom stereocenters. The number of carboxylic acid groups (broad SMARTS) is 1. The lowest BCUT2D eigenvalue weighted by Gasteiger charge is -2.01. The Morgan fingerprint density at radius 1 is 1.14 bits per heavy atom. The number of phenolic OH excluding ortho intramolecular Hbond substituents is 1. The molecular formula is C16H14N2O4. The number of carboxylic acids is 1. The highest BCUT2D eigenvalue weighted by molar-refractivity contribution is 5.89. The Bertz CT molecular complexity index is 708. The monoisotopic (exact) mass is 298 g/mol. The summed E-state index contributed by atoms with van der Waals surface area (Å²) in [7, 11) is 0. The van der Waals surface area contributed by atoms with Crippen molar-refractivity contribution in [1.82, 2.24) is 5.43 Å². The number of aromatic carboxylic acids is 1. The van der Waals surface area contributed by atoms with E-state index < -0.39 is 5.97 Å². The summed E-state index contributed by atoms with van der Waals surface area (Å²) in [5.41, 5.74) is 3.90. The molecule has 0 aromatic heterocycles. The van der Waals surface area contributed by atoms with Crippen LogP contribution < -0.4 is 5.43 Å². The summed E-state index contributed by atoms with van der Waals surface area (Å²) >= 11 is 0. The smallest absolute Gasteiger partial charge is 0.335 e. The number of rotatable bonds is 5. The van der Waals surface area contributed by atoms with Crippen LogP contribution in [0.5, 0.6) is 5.75 Å². The number of aromatic hydroxyl groups is 1. The first-order valence-electron chi connectivity index (χ1n) is 6.48. The number of carbonyl (C=O) groups is 2. The van der Waals surface area contributed by atoms with Crippen molar-refractivity contribution >= 4 is 18.1 Å². The third-order valence-electron chi connectivity index (χ3n) is 2.84. The third-order valence-corrected chi connectivity index (χ3v) is 2.84. The Labute approximate surface area is 126 Å². The van der Waals surface area contributed by atoms with Crippen LogP contribution >= 0.6 is 0 Å². The number of carbonyl (C=O) groups excluding carboxylic acids is 1. The van der Waals surface area contributed by atoms with Gasteiger partial charge in [-0.2, -0.15) is 5.10 Å². The lowest BCUT2D eigenvalue weighted by atomic mass is 10.1. The van der Waals surface area contributed by atoms with E-state index in [1.807, 2.05) is 0 Å². The number of amides is 1. The van der Waals surface area contributed by atoms with E-state index in [-0.39, 0.29) is 23.6 Å². The molecule has 3 N–H and O–H groups in total. The lowest BCUT2D eigenvalue weighted by molar-refractivity contribution is -0.120. The quantitative estimate of drug-likeness (QED) is 0.579. The Morgan fingerprint density at radius 3 is 2.50 bits per heavy atom. The van der Waals surface area contributed by atoms with Gasteiger partial charge >= 0.3 is 5.97 Å². The standard InChI is InChI=1S/C16H14N2O4/c19-14-3-1-2-12(8-14)9-15(20)18-17-10-11-4-6-13(7-5-11)16(21)22/h1-8,10,19H,9H2,(H,18,20)(H,21,22). The molecule has 0 aliphatic rings. The molecule has 0 aliphatic carbocycles. The van der Waals surface area contributed by atoms with Crippen LogP contribution in [0.2, 0.25) is 0 Å². The van der Waals surface area contributed by atoms with Gasteiger partial charge in [0.15, 0.2) is 0 Å². The van der Waals surface area contributed by atoms with Crippen molar-refractivity contribution < 1.29 is 19.8 Å². The van der Waals surface area contributed by atoms with Crippen molar-refractivity contribution in [3.05, 3.63) is 65.2 Å². The van der Waals surface area contributed by atoms with Crippen LogP contribution in [0.3, 0.4) is 0 Å². The van der Waals surface area contributed by atoms with E-state index in [4.69, 9.17) is 5.11 Å². The largest absolute Gasteiger partial charge is 0.508 e. The fraction of sp³-hybridized carbons (Fsp3) is 0.0625. The molecule has 22 heavy (non-hydrogen) atoms. The molecule has 2 rings (SSSR count). The first-order valence-corrected chi connectivity index (χ1v) is 6.48. The average Bonchev–Trinajstić information content (AvgIpc) is 2.47. The maximum atomic E-state index is 11.7. The molecule has 6 nitrogen and oxygen atoms in total. The zero-order valence-corrected chi connectivity index (χ0v) is 11.6. The van der Waals surface area contributed by atoms with E-state index in [2.05, 4.69) is 10.5 Å². The number of nitrogens with one attached hydrogen (secondary N) is 1. The Morgan fingerprint density at radius 2 is 1.86 bits per heavy atom. The minimum Gasteiger partial charge on any atom is -0.508 e. The molecule has 0 spiro atoms. The van der Waals surface area contributed by atoms with E-state index in [1.54, 1.807) is 24.3 Å².